The molecular formula is C12H15BrN6. The SMILES string of the molecule is CCCNc1ncc(Br)c(NCc2ccncn2)n1. The molecule has 7 heteroatoms. The van der Waals surface area contributed by atoms with Gasteiger partial charge >= 0.3 is 0 Å². The van der Waals surface area contributed by atoms with Crippen molar-refractivity contribution in [2.24, 2.45) is 0 Å². The van der Waals surface area contributed by atoms with E-state index < -0.39 is 0 Å². The lowest BCUT2D eigenvalue weighted by atomic mass is 10.4. The first-order valence-electron chi connectivity index (χ1n) is 6.04. The van der Waals surface area contributed by atoms with E-state index >= 15 is 0 Å². The third kappa shape index (κ3) is 4.13. The highest BCUT2D eigenvalue weighted by Gasteiger charge is 2.04. The van der Waals surface area contributed by atoms with Gasteiger partial charge < -0.3 is 10.6 Å². The highest BCUT2D eigenvalue weighted by Crippen LogP contribution is 2.20. The van der Waals surface area contributed by atoms with Gasteiger partial charge in [0.1, 0.15) is 12.1 Å². The maximum absolute atomic E-state index is 4.40. The number of rotatable bonds is 6. The molecule has 0 aliphatic heterocycles. The second-order valence-corrected chi connectivity index (χ2v) is 4.73. The fraction of sp³-hybridized carbons (Fsp3) is 0.333. The van der Waals surface area contributed by atoms with Gasteiger partial charge in [-0.25, -0.2) is 15.0 Å². The largest absolute Gasteiger partial charge is 0.363 e. The van der Waals surface area contributed by atoms with Gasteiger partial charge in [0.05, 0.1) is 16.7 Å². The van der Waals surface area contributed by atoms with E-state index in [0.29, 0.717) is 12.5 Å². The molecule has 2 heterocycles. The van der Waals surface area contributed by atoms with Crippen molar-refractivity contribution in [1.29, 1.82) is 0 Å². The van der Waals surface area contributed by atoms with E-state index in [0.717, 1.165) is 29.0 Å². The van der Waals surface area contributed by atoms with Crippen molar-refractivity contribution >= 4 is 27.7 Å². The molecule has 19 heavy (non-hydrogen) atoms. The number of nitrogens with one attached hydrogen (secondary N) is 2. The predicted octanol–water partition coefficient (Wildman–Crippen LogP) is 2.46. The fourth-order valence-corrected chi connectivity index (χ4v) is 1.74. The van der Waals surface area contributed by atoms with Crippen molar-refractivity contribution in [1.82, 2.24) is 19.9 Å². The van der Waals surface area contributed by atoms with Crippen LogP contribution in [0.2, 0.25) is 0 Å². The Hall–Kier alpha value is -1.76. The van der Waals surface area contributed by atoms with Crippen LogP contribution >= 0.6 is 15.9 Å². The lowest BCUT2D eigenvalue weighted by Gasteiger charge is -2.09. The molecule has 0 atom stereocenters. The van der Waals surface area contributed by atoms with Crippen LogP contribution in [-0.2, 0) is 6.54 Å². The zero-order valence-electron chi connectivity index (χ0n) is 10.6. The monoisotopic (exact) mass is 322 g/mol. The number of hydrogen-bond donors (Lipinski definition) is 2. The molecule has 0 radical (unpaired) electrons. The van der Waals surface area contributed by atoms with E-state index in [1.54, 1.807) is 12.4 Å². The molecule has 0 spiro atoms. The van der Waals surface area contributed by atoms with E-state index in [9.17, 15) is 0 Å². The molecule has 0 saturated carbocycles. The van der Waals surface area contributed by atoms with Crippen molar-refractivity contribution in [3.05, 3.63) is 35.0 Å². The lowest BCUT2D eigenvalue weighted by molar-refractivity contribution is 0.944. The first-order valence-corrected chi connectivity index (χ1v) is 6.84. The molecule has 0 aliphatic rings. The number of halogens is 1. The minimum Gasteiger partial charge on any atom is -0.363 e. The molecule has 0 fully saturated rings. The summed E-state index contributed by atoms with van der Waals surface area (Å²) in [6.45, 7) is 3.54. The molecule has 2 N–H and O–H groups in total. The topological polar surface area (TPSA) is 75.6 Å². The molecule has 6 nitrogen and oxygen atoms in total. The van der Waals surface area contributed by atoms with Gasteiger partial charge in [-0.2, -0.15) is 4.98 Å². The Morgan fingerprint density at radius 3 is 2.89 bits per heavy atom. The molecule has 0 bridgehead atoms. The summed E-state index contributed by atoms with van der Waals surface area (Å²) in [6, 6.07) is 1.86. The summed E-state index contributed by atoms with van der Waals surface area (Å²) in [6.07, 6.45) is 6.00. The fourth-order valence-electron chi connectivity index (χ4n) is 1.41. The van der Waals surface area contributed by atoms with Crippen LogP contribution in [0.5, 0.6) is 0 Å². The molecule has 0 amide bonds. The minimum absolute atomic E-state index is 0.589. The summed E-state index contributed by atoms with van der Waals surface area (Å²) < 4.78 is 0.823. The van der Waals surface area contributed by atoms with Gasteiger partial charge in [-0.05, 0) is 28.4 Å². The van der Waals surface area contributed by atoms with Crippen molar-refractivity contribution in [2.75, 3.05) is 17.2 Å². The van der Waals surface area contributed by atoms with Gasteiger partial charge in [0.15, 0.2) is 0 Å². The second kappa shape index (κ2) is 6.98. The molecular weight excluding hydrogens is 308 g/mol. The quantitative estimate of drug-likeness (QED) is 0.850. The maximum Gasteiger partial charge on any atom is 0.224 e. The number of aromatic nitrogens is 4. The van der Waals surface area contributed by atoms with Gasteiger partial charge in [-0.15, -0.1) is 0 Å². The summed E-state index contributed by atoms with van der Waals surface area (Å²) in [5, 5.41) is 6.37. The van der Waals surface area contributed by atoms with E-state index in [4.69, 9.17) is 0 Å². The van der Waals surface area contributed by atoms with Gasteiger partial charge in [0.25, 0.3) is 0 Å². The Morgan fingerprint density at radius 1 is 1.26 bits per heavy atom. The number of hydrogen-bond acceptors (Lipinski definition) is 6. The zero-order valence-corrected chi connectivity index (χ0v) is 12.2. The Labute approximate surface area is 120 Å². The Balaban J connectivity index is 2.02. The van der Waals surface area contributed by atoms with Crippen molar-refractivity contribution < 1.29 is 0 Å². The minimum atomic E-state index is 0.589. The summed E-state index contributed by atoms with van der Waals surface area (Å²) in [7, 11) is 0. The summed E-state index contributed by atoms with van der Waals surface area (Å²) in [4.78, 5) is 16.6. The van der Waals surface area contributed by atoms with E-state index in [-0.39, 0.29) is 0 Å². The van der Waals surface area contributed by atoms with Crippen molar-refractivity contribution in [2.45, 2.75) is 19.9 Å². The second-order valence-electron chi connectivity index (χ2n) is 3.87. The Kier molecular flexibility index (Phi) is 5.02. The van der Waals surface area contributed by atoms with Crippen LogP contribution in [-0.4, -0.2) is 26.5 Å². The molecule has 2 rings (SSSR count). The number of nitrogens with zero attached hydrogens (tertiary/aromatic N) is 4. The molecule has 2 aromatic rings. The average molecular weight is 323 g/mol. The smallest absolute Gasteiger partial charge is 0.224 e. The average Bonchev–Trinajstić information content (AvgIpc) is 2.46. The third-order valence-corrected chi connectivity index (χ3v) is 2.94. The van der Waals surface area contributed by atoms with Gasteiger partial charge in [0, 0.05) is 18.9 Å². The first kappa shape index (κ1) is 13.7. The summed E-state index contributed by atoms with van der Waals surface area (Å²) in [5.41, 5.74) is 0.906. The molecule has 0 aromatic carbocycles. The van der Waals surface area contributed by atoms with Crippen LogP contribution in [0, 0.1) is 0 Å². The van der Waals surface area contributed by atoms with E-state index in [1.165, 1.54) is 6.33 Å². The third-order valence-electron chi connectivity index (χ3n) is 2.36. The van der Waals surface area contributed by atoms with Crippen LogP contribution in [0.1, 0.15) is 19.0 Å². The highest BCUT2D eigenvalue weighted by atomic mass is 79.9. The maximum atomic E-state index is 4.40. The van der Waals surface area contributed by atoms with Crippen molar-refractivity contribution in [3.63, 3.8) is 0 Å². The predicted molar refractivity (Wildman–Crippen MR) is 77.9 cm³/mol. The highest BCUT2D eigenvalue weighted by molar-refractivity contribution is 9.10. The molecule has 2 aromatic heterocycles. The van der Waals surface area contributed by atoms with E-state index in [1.807, 2.05) is 6.07 Å². The number of anilines is 2. The van der Waals surface area contributed by atoms with Crippen LogP contribution < -0.4 is 10.6 Å². The van der Waals surface area contributed by atoms with Gasteiger partial charge in [0.2, 0.25) is 5.95 Å². The molecule has 0 unspecified atom stereocenters. The van der Waals surface area contributed by atoms with Crippen LogP contribution in [0.25, 0.3) is 0 Å². The summed E-state index contributed by atoms with van der Waals surface area (Å²) in [5.74, 6) is 1.36. The molecule has 0 aliphatic carbocycles. The van der Waals surface area contributed by atoms with Gasteiger partial charge in [-0.1, -0.05) is 6.92 Å². The van der Waals surface area contributed by atoms with Crippen LogP contribution in [0.4, 0.5) is 11.8 Å². The Morgan fingerprint density at radius 2 is 2.16 bits per heavy atom. The van der Waals surface area contributed by atoms with Crippen LogP contribution in [0.3, 0.4) is 0 Å². The molecule has 0 saturated heterocycles. The van der Waals surface area contributed by atoms with Crippen LogP contribution in [0.15, 0.2) is 29.3 Å². The summed E-state index contributed by atoms with van der Waals surface area (Å²) >= 11 is 3.42. The lowest BCUT2D eigenvalue weighted by Crippen LogP contribution is -2.08. The molecule has 100 valence electrons. The van der Waals surface area contributed by atoms with E-state index in [2.05, 4.69) is 53.4 Å². The standard InChI is InChI=1S/C12H15BrN6/c1-2-4-15-12-17-7-10(13)11(19-12)16-6-9-3-5-14-8-18-9/h3,5,7-8H,2,4,6H2,1H3,(H2,15,16,17,19). The Bertz CT molecular complexity index is 519. The first-order chi connectivity index (χ1) is 9.29. The zero-order chi connectivity index (χ0) is 13.5. The normalized spacial score (nSPS) is 10.2. The van der Waals surface area contributed by atoms with Gasteiger partial charge in [-0.3, -0.25) is 0 Å². The van der Waals surface area contributed by atoms with Crippen molar-refractivity contribution in [3.8, 4) is 0 Å².